The highest BCUT2D eigenvalue weighted by atomic mass is 31.1. The summed E-state index contributed by atoms with van der Waals surface area (Å²) in [6.45, 7) is 3.86. The minimum absolute atomic E-state index is 0.199. The Morgan fingerprint density at radius 2 is 2.12 bits per heavy atom. The maximum Gasteiger partial charge on any atom is 0.598 e. The lowest BCUT2D eigenvalue weighted by molar-refractivity contribution is 0.577. The molecule has 4 nitrogen and oxygen atoms in total. The topological polar surface area (TPSA) is 44.0 Å². The largest absolute Gasteiger partial charge is 0.598 e. The highest BCUT2D eigenvalue weighted by Gasteiger charge is 2.18. The first kappa shape index (κ1) is 10.8. The van der Waals surface area contributed by atoms with Crippen LogP contribution in [0.15, 0.2) is 41.7 Å². The monoisotopic (exact) mass is 235 g/mol. The maximum absolute atomic E-state index is 12.0. The quantitative estimate of drug-likeness (QED) is 0.749. The molecule has 0 N–H and O–H groups in total. The molecule has 16 heavy (non-hydrogen) atoms. The number of allylic oxidation sites excluding steroid dienone is 1. The summed E-state index contributed by atoms with van der Waals surface area (Å²) in [5.74, 6) is 0. The van der Waals surface area contributed by atoms with Gasteiger partial charge in [-0.05, 0) is 16.7 Å². The van der Waals surface area contributed by atoms with Gasteiger partial charge in [0.2, 0.25) is 0 Å². The van der Waals surface area contributed by atoms with Gasteiger partial charge in [-0.2, -0.15) is 0 Å². The van der Waals surface area contributed by atoms with Gasteiger partial charge in [0.25, 0.3) is 5.56 Å². The van der Waals surface area contributed by atoms with E-state index in [1.807, 2.05) is 6.07 Å². The molecule has 1 aromatic carbocycles. The molecular weight excluding hydrogens is 223 g/mol. The van der Waals surface area contributed by atoms with Gasteiger partial charge in [0.05, 0.1) is 24.5 Å². The van der Waals surface area contributed by atoms with E-state index in [0.717, 1.165) is 0 Å². The minimum atomic E-state index is -1.85. The van der Waals surface area contributed by atoms with Gasteiger partial charge in [-0.15, -0.1) is 15.2 Å². The van der Waals surface area contributed by atoms with Crippen LogP contribution in [-0.4, -0.2) is 8.66 Å². The molecule has 0 saturated carbocycles. The van der Waals surface area contributed by atoms with Gasteiger partial charge in [0.1, 0.15) is 0 Å². The average molecular weight is 235 g/mol. The molecule has 1 aromatic heterocycles. The van der Waals surface area contributed by atoms with Crippen LogP contribution in [0.5, 0.6) is 0 Å². The standard InChI is InChI=1S/C11H12N2O2P/c1-3-8-13-11(14)9-6-4-5-7-10(9)12(2)16(13)15/h3-7H,1,8H2,2H3/q+1. The van der Waals surface area contributed by atoms with Crippen LogP contribution in [-0.2, 0) is 18.2 Å². The molecule has 0 radical (unpaired) electrons. The van der Waals surface area contributed by atoms with Gasteiger partial charge >= 0.3 is 7.73 Å². The molecule has 0 aliphatic heterocycles. The fourth-order valence-corrected chi connectivity index (χ4v) is 2.88. The highest BCUT2D eigenvalue weighted by Crippen LogP contribution is 2.17. The van der Waals surface area contributed by atoms with E-state index in [2.05, 4.69) is 6.58 Å². The van der Waals surface area contributed by atoms with Gasteiger partial charge in [-0.1, -0.05) is 18.2 Å². The van der Waals surface area contributed by atoms with Crippen molar-refractivity contribution in [2.45, 2.75) is 6.54 Å². The van der Waals surface area contributed by atoms with Gasteiger partial charge < -0.3 is 0 Å². The molecule has 1 heterocycles. The van der Waals surface area contributed by atoms with Gasteiger partial charge in [0, 0.05) is 0 Å². The zero-order valence-electron chi connectivity index (χ0n) is 8.96. The number of para-hydroxylation sites is 1. The Hall–Kier alpha value is -1.67. The zero-order chi connectivity index (χ0) is 11.7. The maximum atomic E-state index is 12.0. The van der Waals surface area contributed by atoms with Crippen molar-refractivity contribution in [2.75, 3.05) is 0 Å². The van der Waals surface area contributed by atoms with Crippen LogP contribution in [0, 0.1) is 0 Å². The first-order valence-corrected chi connectivity index (χ1v) is 6.06. The van der Waals surface area contributed by atoms with Crippen molar-refractivity contribution in [3.8, 4) is 0 Å². The summed E-state index contributed by atoms with van der Waals surface area (Å²) in [7, 11) is -0.130. The van der Waals surface area contributed by atoms with E-state index in [0.29, 0.717) is 17.4 Å². The first-order valence-electron chi connectivity index (χ1n) is 4.89. The van der Waals surface area contributed by atoms with Gasteiger partial charge in [-0.3, -0.25) is 4.79 Å². The molecule has 0 aliphatic carbocycles. The van der Waals surface area contributed by atoms with Crippen molar-refractivity contribution in [3.05, 3.63) is 47.3 Å². The molecule has 2 aromatic rings. The molecule has 1 unspecified atom stereocenters. The number of fused-ring (bicyclic) bond motifs is 1. The minimum Gasteiger partial charge on any atom is -0.265 e. The number of hydrogen-bond donors (Lipinski definition) is 0. The fraction of sp³-hybridized carbons (Fsp3) is 0.182. The van der Waals surface area contributed by atoms with E-state index >= 15 is 0 Å². The summed E-state index contributed by atoms with van der Waals surface area (Å²) in [5.41, 5.74) is 0.517. The number of hydrogen-bond acceptors (Lipinski definition) is 2. The summed E-state index contributed by atoms with van der Waals surface area (Å²) in [6.07, 6.45) is 1.58. The molecule has 5 heteroatoms. The van der Waals surface area contributed by atoms with Crippen LogP contribution in [0.2, 0.25) is 0 Å². The number of nitrogens with zero attached hydrogens (tertiary/aromatic N) is 2. The van der Waals surface area contributed by atoms with Gasteiger partial charge in [-0.25, -0.2) is 0 Å². The highest BCUT2D eigenvalue weighted by molar-refractivity contribution is 7.28. The Labute approximate surface area is 93.3 Å². The lowest BCUT2D eigenvalue weighted by Crippen LogP contribution is -2.19. The first-order chi connectivity index (χ1) is 7.66. The molecule has 1 atom stereocenters. The van der Waals surface area contributed by atoms with E-state index in [1.165, 1.54) is 4.33 Å². The summed E-state index contributed by atoms with van der Waals surface area (Å²) in [6, 6.07) is 7.17. The summed E-state index contributed by atoms with van der Waals surface area (Å²) in [5, 5.41) is 0.585. The van der Waals surface area contributed by atoms with E-state index in [-0.39, 0.29) is 5.56 Å². The molecule has 0 aliphatic rings. The number of rotatable bonds is 2. The second-order valence-electron chi connectivity index (χ2n) is 3.47. The lowest BCUT2D eigenvalue weighted by Gasteiger charge is -1.99. The summed E-state index contributed by atoms with van der Waals surface area (Å²) < 4.78 is 15.0. The Balaban J connectivity index is 3.00. The smallest absolute Gasteiger partial charge is 0.265 e. The lowest BCUT2D eigenvalue weighted by atomic mass is 10.2. The van der Waals surface area contributed by atoms with Crippen molar-refractivity contribution in [1.82, 2.24) is 8.66 Å². The average Bonchev–Trinajstić information content (AvgIpc) is 2.32. The van der Waals surface area contributed by atoms with Crippen LogP contribution in [0.1, 0.15) is 0 Å². The van der Waals surface area contributed by atoms with Crippen LogP contribution in [0.25, 0.3) is 10.9 Å². The third-order valence-electron chi connectivity index (χ3n) is 2.48. The van der Waals surface area contributed by atoms with E-state index in [9.17, 15) is 9.36 Å². The van der Waals surface area contributed by atoms with E-state index in [1.54, 1.807) is 35.7 Å². The molecule has 0 amide bonds. The van der Waals surface area contributed by atoms with Crippen molar-refractivity contribution in [1.29, 1.82) is 0 Å². The Kier molecular flexibility index (Phi) is 2.75. The van der Waals surface area contributed by atoms with Crippen molar-refractivity contribution >= 4 is 18.6 Å². The van der Waals surface area contributed by atoms with Crippen LogP contribution >= 0.6 is 7.73 Å². The van der Waals surface area contributed by atoms with Gasteiger partial charge in [0.15, 0.2) is 0 Å². The molecule has 0 fully saturated rings. The number of aryl methyl sites for hydroxylation is 1. The zero-order valence-corrected chi connectivity index (χ0v) is 9.85. The second-order valence-corrected chi connectivity index (χ2v) is 5.06. The number of benzene rings is 1. The Morgan fingerprint density at radius 1 is 1.44 bits per heavy atom. The predicted molar refractivity (Wildman–Crippen MR) is 65.0 cm³/mol. The molecular formula is C11H12N2O2P+. The summed E-state index contributed by atoms with van der Waals surface area (Å²) >= 11 is 0. The molecule has 82 valence electrons. The SMILES string of the molecule is C=CCn1c(=O)c2ccccc2n(C)[p+]1=O. The normalized spacial score (nSPS) is 11.7. The number of aromatic nitrogens is 2. The molecule has 0 spiro atoms. The molecule has 2 rings (SSSR count). The predicted octanol–water partition coefficient (Wildman–Crippen LogP) is 2.27. The third-order valence-corrected chi connectivity index (χ3v) is 3.97. The van der Waals surface area contributed by atoms with Crippen LogP contribution in [0.4, 0.5) is 0 Å². The van der Waals surface area contributed by atoms with Crippen molar-refractivity contribution in [3.63, 3.8) is 0 Å². The third kappa shape index (κ3) is 1.51. The van der Waals surface area contributed by atoms with Crippen LogP contribution in [0.3, 0.4) is 0 Å². The second kappa shape index (κ2) is 4.06. The fourth-order valence-electron chi connectivity index (χ4n) is 1.68. The van der Waals surface area contributed by atoms with Crippen molar-refractivity contribution < 1.29 is 4.57 Å². The molecule has 0 bridgehead atoms. The molecule has 0 saturated heterocycles. The van der Waals surface area contributed by atoms with E-state index < -0.39 is 7.73 Å². The Morgan fingerprint density at radius 3 is 2.81 bits per heavy atom. The summed E-state index contributed by atoms with van der Waals surface area (Å²) in [4.78, 5) is 12.0. The van der Waals surface area contributed by atoms with Crippen LogP contribution < -0.4 is 5.56 Å². The van der Waals surface area contributed by atoms with E-state index in [4.69, 9.17) is 0 Å². The van der Waals surface area contributed by atoms with Crippen molar-refractivity contribution in [2.24, 2.45) is 7.05 Å². The Bertz CT molecular complexity index is 670.